The van der Waals surface area contributed by atoms with Crippen LogP contribution in [0.15, 0.2) is 12.4 Å². The number of hydrogen-bond acceptors (Lipinski definition) is 8. The number of hydrazine groups is 1. The molecule has 0 bridgehead atoms. The molecule has 2 unspecified atom stereocenters. The Hall–Kier alpha value is -2.22. The average Bonchev–Trinajstić information content (AvgIpc) is 3.24. The molecule has 4 atom stereocenters. The van der Waals surface area contributed by atoms with Gasteiger partial charge in [0.15, 0.2) is 5.92 Å². The fraction of sp³-hybridized carbons (Fsp3) is 0.700. The SMILES string of the molecule is O=C1NNCC(NC[C@@H]2CC[C@@H](CC(=O)N3CCN(c4ncc(Cl)cn4)CC3)O2)C1C(F)(F)F. The topological polar surface area (TPSA) is 112 Å². The van der Waals surface area contributed by atoms with Gasteiger partial charge in [-0.05, 0) is 12.8 Å². The zero-order chi connectivity index (χ0) is 24.3. The Morgan fingerprint density at radius 3 is 2.53 bits per heavy atom. The number of piperazine rings is 1. The van der Waals surface area contributed by atoms with Crippen molar-refractivity contribution in [2.45, 2.75) is 43.7 Å². The Labute approximate surface area is 199 Å². The number of carbonyl (C=O) groups excluding carboxylic acids is 2. The minimum Gasteiger partial charge on any atom is -0.373 e. The van der Waals surface area contributed by atoms with E-state index in [4.69, 9.17) is 16.3 Å². The lowest BCUT2D eigenvalue weighted by Gasteiger charge is -2.35. The van der Waals surface area contributed by atoms with Crippen molar-refractivity contribution in [2.24, 2.45) is 5.92 Å². The Morgan fingerprint density at radius 2 is 1.85 bits per heavy atom. The lowest BCUT2D eigenvalue weighted by Crippen LogP contribution is -2.64. The van der Waals surface area contributed by atoms with Crippen LogP contribution < -0.4 is 21.1 Å². The second kappa shape index (κ2) is 10.6. The average molecular weight is 506 g/mol. The second-order valence-electron chi connectivity index (χ2n) is 8.63. The molecule has 0 saturated carbocycles. The highest BCUT2D eigenvalue weighted by molar-refractivity contribution is 6.30. The highest BCUT2D eigenvalue weighted by Gasteiger charge is 2.51. The van der Waals surface area contributed by atoms with Gasteiger partial charge in [0.1, 0.15) is 0 Å². The van der Waals surface area contributed by atoms with E-state index in [9.17, 15) is 22.8 Å². The molecule has 4 heterocycles. The molecule has 3 saturated heterocycles. The first-order valence-electron chi connectivity index (χ1n) is 11.2. The number of nitrogens with zero attached hydrogens (tertiary/aromatic N) is 4. The van der Waals surface area contributed by atoms with Crippen molar-refractivity contribution in [3.63, 3.8) is 0 Å². The van der Waals surface area contributed by atoms with Gasteiger partial charge < -0.3 is 19.9 Å². The van der Waals surface area contributed by atoms with E-state index < -0.39 is 24.0 Å². The summed E-state index contributed by atoms with van der Waals surface area (Å²) < 4.78 is 45.6. The molecule has 34 heavy (non-hydrogen) atoms. The molecule has 0 aromatic carbocycles. The summed E-state index contributed by atoms with van der Waals surface area (Å²) in [5, 5.41) is 3.28. The van der Waals surface area contributed by atoms with Gasteiger partial charge in [0, 0.05) is 45.3 Å². The van der Waals surface area contributed by atoms with Crippen LogP contribution in [0.5, 0.6) is 0 Å². The van der Waals surface area contributed by atoms with Crippen molar-refractivity contribution in [3.8, 4) is 0 Å². The molecule has 14 heteroatoms. The Balaban J connectivity index is 1.19. The number of anilines is 1. The number of hydrogen-bond donors (Lipinski definition) is 3. The summed E-state index contributed by atoms with van der Waals surface area (Å²) in [7, 11) is 0. The number of nitrogens with one attached hydrogen (secondary N) is 3. The Kier molecular flexibility index (Phi) is 7.75. The minimum atomic E-state index is -4.64. The highest BCUT2D eigenvalue weighted by Crippen LogP contribution is 2.30. The van der Waals surface area contributed by atoms with Gasteiger partial charge in [-0.2, -0.15) is 13.2 Å². The lowest BCUT2D eigenvalue weighted by atomic mass is 9.96. The molecular weight excluding hydrogens is 479 g/mol. The molecule has 0 spiro atoms. The first-order chi connectivity index (χ1) is 16.2. The molecular formula is C20H27ClF3N7O3. The molecule has 188 valence electrons. The van der Waals surface area contributed by atoms with E-state index in [0.717, 1.165) is 0 Å². The van der Waals surface area contributed by atoms with Gasteiger partial charge in [0.2, 0.25) is 17.8 Å². The van der Waals surface area contributed by atoms with Crippen LogP contribution in [0.3, 0.4) is 0 Å². The number of amides is 2. The predicted molar refractivity (Wildman–Crippen MR) is 116 cm³/mol. The minimum absolute atomic E-state index is 0.0134. The summed E-state index contributed by atoms with van der Waals surface area (Å²) in [6.07, 6.45) is -0.636. The third kappa shape index (κ3) is 6.06. The number of aromatic nitrogens is 2. The van der Waals surface area contributed by atoms with Gasteiger partial charge in [0.05, 0.1) is 36.0 Å². The smallest absolute Gasteiger partial charge is 0.373 e. The molecule has 10 nitrogen and oxygen atoms in total. The number of alkyl halides is 3. The van der Waals surface area contributed by atoms with Gasteiger partial charge in [-0.1, -0.05) is 11.6 Å². The summed E-state index contributed by atoms with van der Waals surface area (Å²) >= 11 is 5.82. The zero-order valence-electron chi connectivity index (χ0n) is 18.4. The van der Waals surface area contributed by atoms with Gasteiger partial charge in [-0.25, -0.2) is 15.4 Å². The number of halogens is 4. The first-order valence-corrected chi connectivity index (χ1v) is 11.6. The van der Waals surface area contributed by atoms with Crippen LogP contribution in [0.1, 0.15) is 19.3 Å². The van der Waals surface area contributed by atoms with Crippen molar-refractivity contribution in [2.75, 3.05) is 44.2 Å². The van der Waals surface area contributed by atoms with Crippen LogP contribution >= 0.6 is 11.6 Å². The summed E-state index contributed by atoms with van der Waals surface area (Å²) in [5.41, 5.74) is 4.51. The molecule has 4 rings (SSSR count). The van der Waals surface area contributed by atoms with Crippen molar-refractivity contribution in [1.82, 2.24) is 31.0 Å². The molecule has 1 aromatic heterocycles. The number of carbonyl (C=O) groups is 2. The monoisotopic (exact) mass is 505 g/mol. The fourth-order valence-corrected chi connectivity index (χ4v) is 4.60. The summed E-state index contributed by atoms with van der Waals surface area (Å²) in [5.74, 6) is -2.66. The second-order valence-corrected chi connectivity index (χ2v) is 9.07. The van der Waals surface area contributed by atoms with E-state index in [0.29, 0.717) is 50.0 Å². The van der Waals surface area contributed by atoms with Crippen LogP contribution in [0.2, 0.25) is 5.02 Å². The third-order valence-corrected chi connectivity index (χ3v) is 6.49. The molecule has 3 N–H and O–H groups in total. The van der Waals surface area contributed by atoms with Crippen LogP contribution in [0, 0.1) is 5.92 Å². The fourth-order valence-electron chi connectivity index (χ4n) is 4.50. The largest absolute Gasteiger partial charge is 0.402 e. The van der Waals surface area contributed by atoms with Gasteiger partial charge in [0.25, 0.3) is 0 Å². The molecule has 0 aliphatic carbocycles. The van der Waals surface area contributed by atoms with Gasteiger partial charge in [-0.3, -0.25) is 15.0 Å². The summed E-state index contributed by atoms with van der Waals surface area (Å²) in [6, 6.07) is -1.08. The van der Waals surface area contributed by atoms with Crippen molar-refractivity contribution >= 4 is 29.4 Å². The van der Waals surface area contributed by atoms with E-state index in [1.54, 1.807) is 4.90 Å². The molecule has 1 aromatic rings. The maximum absolute atomic E-state index is 13.2. The Morgan fingerprint density at radius 1 is 1.18 bits per heavy atom. The first kappa shape index (κ1) is 24.9. The molecule has 3 fully saturated rings. The molecule has 3 aliphatic rings. The maximum atomic E-state index is 13.2. The van der Waals surface area contributed by atoms with Crippen LogP contribution in [-0.4, -0.2) is 90.4 Å². The quantitative estimate of drug-likeness (QED) is 0.512. The number of ether oxygens (including phenoxy) is 1. The van der Waals surface area contributed by atoms with Gasteiger partial charge in [-0.15, -0.1) is 0 Å². The lowest BCUT2D eigenvalue weighted by molar-refractivity contribution is -0.193. The molecule has 2 amide bonds. The zero-order valence-corrected chi connectivity index (χ0v) is 19.1. The normalized spacial score (nSPS) is 28.2. The number of rotatable bonds is 6. The Bertz CT molecular complexity index is 868. The highest BCUT2D eigenvalue weighted by atomic mass is 35.5. The summed E-state index contributed by atoms with van der Waals surface area (Å²) in [6.45, 7) is 2.42. The van der Waals surface area contributed by atoms with Crippen LogP contribution in [0.4, 0.5) is 19.1 Å². The van der Waals surface area contributed by atoms with Gasteiger partial charge >= 0.3 is 6.18 Å². The predicted octanol–water partition coefficient (Wildman–Crippen LogP) is 0.487. The van der Waals surface area contributed by atoms with E-state index in [-0.39, 0.29) is 37.6 Å². The van der Waals surface area contributed by atoms with Crippen molar-refractivity contribution in [3.05, 3.63) is 17.4 Å². The van der Waals surface area contributed by atoms with E-state index >= 15 is 0 Å². The van der Waals surface area contributed by atoms with E-state index in [1.165, 1.54) is 12.4 Å². The van der Waals surface area contributed by atoms with Crippen molar-refractivity contribution in [1.29, 1.82) is 0 Å². The molecule has 0 radical (unpaired) electrons. The van der Waals surface area contributed by atoms with Crippen LogP contribution in [0.25, 0.3) is 0 Å². The summed E-state index contributed by atoms with van der Waals surface area (Å²) in [4.78, 5) is 36.6. The van der Waals surface area contributed by atoms with Crippen molar-refractivity contribution < 1.29 is 27.5 Å². The van der Waals surface area contributed by atoms with E-state index in [2.05, 4.69) is 20.7 Å². The van der Waals surface area contributed by atoms with Crippen LogP contribution in [-0.2, 0) is 14.3 Å². The molecule has 3 aliphatic heterocycles. The third-order valence-electron chi connectivity index (χ3n) is 6.30. The van der Waals surface area contributed by atoms with E-state index in [1.807, 2.05) is 10.3 Å². The maximum Gasteiger partial charge on any atom is 0.402 e. The standard InChI is InChI=1S/C20H27ClF3N7O3/c21-12-8-26-19(27-9-12)31-5-3-30(4-6-31)16(32)7-13-1-2-14(34-13)10-25-15-11-28-29-18(33)17(15)20(22,23)24/h8-9,13-15,17,25,28H,1-7,10-11H2,(H,29,33)/t13-,14-,15?,17?/m0/s1.